The fourth-order valence-electron chi connectivity index (χ4n) is 1.53. The fourth-order valence-corrected chi connectivity index (χ4v) is 1.53. The van der Waals surface area contributed by atoms with Crippen LogP contribution < -0.4 is 4.74 Å². The molecule has 17 heavy (non-hydrogen) atoms. The molecule has 5 heteroatoms. The normalized spacial score (nSPS) is 9.47. The van der Waals surface area contributed by atoms with Gasteiger partial charge >= 0.3 is 0 Å². The van der Waals surface area contributed by atoms with Crippen LogP contribution in [0.1, 0.15) is 0 Å². The molecule has 0 saturated carbocycles. The minimum absolute atomic E-state index is 0.557. The molecule has 2 aromatic rings. The summed E-state index contributed by atoms with van der Waals surface area (Å²) in [5.41, 5.74) is 10.8. The van der Waals surface area contributed by atoms with Crippen LogP contribution in [0.5, 0.6) is 5.75 Å². The van der Waals surface area contributed by atoms with Gasteiger partial charge in [0.25, 0.3) is 0 Å². The average molecular weight is 226 g/mol. The predicted molar refractivity (Wildman–Crippen MR) is 65.0 cm³/mol. The van der Waals surface area contributed by atoms with Gasteiger partial charge in [-0.1, -0.05) is 11.2 Å². The van der Waals surface area contributed by atoms with Gasteiger partial charge in [0.1, 0.15) is 5.75 Å². The number of hydrogen-bond donors (Lipinski definition) is 0. The molecule has 1 aromatic heterocycles. The van der Waals surface area contributed by atoms with Crippen molar-refractivity contribution in [3.8, 4) is 16.9 Å². The number of methoxy groups -OCH3 is 1. The number of aromatic nitrogens is 1. The first-order valence-corrected chi connectivity index (χ1v) is 4.98. The van der Waals surface area contributed by atoms with E-state index in [2.05, 4.69) is 15.0 Å². The van der Waals surface area contributed by atoms with E-state index in [4.69, 9.17) is 10.3 Å². The zero-order valence-electron chi connectivity index (χ0n) is 9.24. The molecule has 0 bridgehead atoms. The summed E-state index contributed by atoms with van der Waals surface area (Å²) in [6.07, 6.45) is 3.40. The van der Waals surface area contributed by atoms with E-state index < -0.39 is 0 Å². The molecular weight excluding hydrogens is 216 g/mol. The molecule has 0 fully saturated rings. The van der Waals surface area contributed by atoms with E-state index in [-0.39, 0.29) is 0 Å². The van der Waals surface area contributed by atoms with E-state index in [1.54, 1.807) is 31.6 Å². The number of azide groups is 1. The van der Waals surface area contributed by atoms with Crippen LogP contribution in [0.4, 0.5) is 5.69 Å². The highest BCUT2D eigenvalue weighted by molar-refractivity contribution is 5.76. The van der Waals surface area contributed by atoms with Crippen molar-refractivity contribution in [1.29, 1.82) is 0 Å². The number of rotatable bonds is 3. The second kappa shape index (κ2) is 5.01. The van der Waals surface area contributed by atoms with Crippen LogP contribution in [-0.2, 0) is 0 Å². The Morgan fingerprint density at radius 3 is 2.88 bits per heavy atom. The van der Waals surface area contributed by atoms with Gasteiger partial charge in [0.15, 0.2) is 0 Å². The van der Waals surface area contributed by atoms with Crippen LogP contribution in [0.15, 0.2) is 47.8 Å². The Kier molecular flexibility index (Phi) is 3.23. The first-order valence-electron chi connectivity index (χ1n) is 4.98. The molecule has 0 spiro atoms. The lowest BCUT2D eigenvalue weighted by molar-refractivity contribution is 0.415. The largest absolute Gasteiger partial charge is 0.497 e. The summed E-state index contributed by atoms with van der Waals surface area (Å²) in [6.45, 7) is 0. The fraction of sp³-hybridized carbons (Fsp3) is 0.0833. The maximum Gasteiger partial charge on any atom is 0.119 e. The van der Waals surface area contributed by atoms with Gasteiger partial charge in [0.2, 0.25) is 0 Å². The summed E-state index contributed by atoms with van der Waals surface area (Å²) >= 11 is 0. The third-order valence-corrected chi connectivity index (χ3v) is 2.33. The number of ether oxygens (including phenoxy) is 1. The summed E-state index contributed by atoms with van der Waals surface area (Å²) in [6, 6.07) is 9.03. The molecule has 0 amide bonds. The Morgan fingerprint density at radius 2 is 2.24 bits per heavy atom. The molecule has 1 aromatic carbocycles. The molecule has 0 atom stereocenters. The van der Waals surface area contributed by atoms with Crippen molar-refractivity contribution in [2.75, 3.05) is 7.11 Å². The number of pyridine rings is 1. The maximum atomic E-state index is 8.53. The van der Waals surface area contributed by atoms with Crippen LogP contribution in [-0.4, -0.2) is 12.1 Å². The van der Waals surface area contributed by atoms with Crippen LogP contribution >= 0.6 is 0 Å². The van der Waals surface area contributed by atoms with Gasteiger partial charge in [-0.15, -0.1) is 0 Å². The topological polar surface area (TPSA) is 70.9 Å². The van der Waals surface area contributed by atoms with Gasteiger partial charge in [0, 0.05) is 28.6 Å². The first-order chi connectivity index (χ1) is 8.35. The number of benzene rings is 1. The van der Waals surface area contributed by atoms with Gasteiger partial charge in [-0.3, -0.25) is 4.98 Å². The molecule has 0 radical (unpaired) electrons. The standard InChI is InChI=1S/C12H10N4O/c1-17-10-4-5-12(15-16-13)11(7-10)9-3-2-6-14-8-9/h2-8H,1H3. The number of hydrogen-bond acceptors (Lipinski definition) is 3. The second-order valence-electron chi connectivity index (χ2n) is 3.31. The average Bonchev–Trinajstić information content (AvgIpc) is 2.40. The summed E-state index contributed by atoms with van der Waals surface area (Å²) in [7, 11) is 1.59. The van der Waals surface area contributed by atoms with Crippen molar-refractivity contribution >= 4 is 5.69 Å². The van der Waals surface area contributed by atoms with Crippen molar-refractivity contribution in [2.45, 2.75) is 0 Å². The van der Waals surface area contributed by atoms with Crippen molar-refractivity contribution in [1.82, 2.24) is 4.98 Å². The molecule has 0 aliphatic rings. The monoisotopic (exact) mass is 226 g/mol. The van der Waals surface area contributed by atoms with E-state index in [0.717, 1.165) is 11.1 Å². The van der Waals surface area contributed by atoms with E-state index in [9.17, 15) is 0 Å². The van der Waals surface area contributed by atoms with Crippen molar-refractivity contribution in [3.05, 3.63) is 53.2 Å². The van der Waals surface area contributed by atoms with E-state index in [1.165, 1.54) is 0 Å². The van der Waals surface area contributed by atoms with Gasteiger partial charge < -0.3 is 4.74 Å². The maximum absolute atomic E-state index is 8.53. The second-order valence-corrected chi connectivity index (χ2v) is 3.31. The van der Waals surface area contributed by atoms with E-state index in [1.807, 2.05) is 18.2 Å². The smallest absolute Gasteiger partial charge is 0.119 e. The summed E-state index contributed by atoms with van der Waals surface area (Å²) in [4.78, 5) is 6.85. The Hall–Kier alpha value is -2.52. The van der Waals surface area contributed by atoms with Crippen molar-refractivity contribution in [2.24, 2.45) is 5.11 Å². The summed E-state index contributed by atoms with van der Waals surface area (Å²) in [5.74, 6) is 0.709. The van der Waals surface area contributed by atoms with Gasteiger partial charge in [0.05, 0.1) is 7.11 Å². The third-order valence-electron chi connectivity index (χ3n) is 2.33. The van der Waals surface area contributed by atoms with Crippen LogP contribution in [0, 0.1) is 0 Å². The quantitative estimate of drug-likeness (QED) is 0.454. The highest BCUT2D eigenvalue weighted by Crippen LogP contribution is 2.33. The minimum Gasteiger partial charge on any atom is -0.497 e. The Bertz CT molecular complexity index is 562. The lowest BCUT2D eigenvalue weighted by Crippen LogP contribution is -1.85. The molecule has 5 nitrogen and oxygen atoms in total. The van der Waals surface area contributed by atoms with E-state index in [0.29, 0.717) is 11.4 Å². The lowest BCUT2D eigenvalue weighted by Gasteiger charge is -2.07. The third kappa shape index (κ3) is 2.35. The van der Waals surface area contributed by atoms with Crippen LogP contribution in [0.3, 0.4) is 0 Å². The Morgan fingerprint density at radius 1 is 1.35 bits per heavy atom. The highest BCUT2D eigenvalue weighted by Gasteiger charge is 2.05. The molecule has 0 unspecified atom stereocenters. The minimum atomic E-state index is 0.557. The van der Waals surface area contributed by atoms with Gasteiger partial charge in [-0.25, -0.2) is 0 Å². The van der Waals surface area contributed by atoms with Crippen molar-refractivity contribution in [3.63, 3.8) is 0 Å². The van der Waals surface area contributed by atoms with Gasteiger partial charge in [-0.2, -0.15) is 0 Å². The lowest BCUT2D eigenvalue weighted by atomic mass is 10.1. The summed E-state index contributed by atoms with van der Waals surface area (Å²) in [5, 5.41) is 3.66. The molecule has 0 saturated heterocycles. The molecule has 0 N–H and O–H groups in total. The molecule has 0 aliphatic carbocycles. The Labute approximate surface area is 98.3 Å². The van der Waals surface area contributed by atoms with E-state index >= 15 is 0 Å². The zero-order valence-corrected chi connectivity index (χ0v) is 9.24. The van der Waals surface area contributed by atoms with Crippen molar-refractivity contribution < 1.29 is 4.74 Å². The Balaban J connectivity index is 2.60. The molecular formula is C12H10N4O. The summed E-state index contributed by atoms with van der Waals surface area (Å²) < 4.78 is 5.15. The first kappa shape index (κ1) is 11.0. The molecule has 1 heterocycles. The van der Waals surface area contributed by atoms with Crippen LogP contribution in [0.2, 0.25) is 0 Å². The SMILES string of the molecule is COc1ccc(N=[N+]=[N-])c(-c2cccnc2)c1. The number of nitrogens with zero attached hydrogens (tertiary/aromatic N) is 4. The molecule has 2 rings (SSSR count). The molecule has 0 aliphatic heterocycles. The zero-order chi connectivity index (χ0) is 12.1. The van der Waals surface area contributed by atoms with Crippen LogP contribution in [0.25, 0.3) is 21.6 Å². The molecule has 84 valence electrons. The van der Waals surface area contributed by atoms with Gasteiger partial charge in [-0.05, 0) is 35.4 Å². The predicted octanol–water partition coefficient (Wildman–Crippen LogP) is 3.70. The highest BCUT2D eigenvalue weighted by atomic mass is 16.5.